The predicted molar refractivity (Wildman–Crippen MR) is 108 cm³/mol. The summed E-state index contributed by atoms with van der Waals surface area (Å²) >= 11 is 0. The molecule has 30 heavy (non-hydrogen) atoms. The molecule has 0 radical (unpaired) electrons. The number of aryl methyl sites for hydroxylation is 1. The van der Waals surface area contributed by atoms with Crippen molar-refractivity contribution in [3.8, 4) is 5.75 Å². The molecule has 2 unspecified atom stereocenters. The molecule has 2 atom stereocenters. The minimum atomic E-state index is -4.13. The molecule has 1 aliphatic rings. The van der Waals surface area contributed by atoms with Gasteiger partial charge in [0.1, 0.15) is 34.7 Å². The second kappa shape index (κ2) is 8.39. The summed E-state index contributed by atoms with van der Waals surface area (Å²) in [5.74, 6) is -0.362. The van der Waals surface area contributed by atoms with Crippen LogP contribution < -0.4 is 9.46 Å². The molecular weight excluding hydrogens is 409 g/mol. The van der Waals surface area contributed by atoms with Crippen LogP contribution >= 0.6 is 0 Å². The fourth-order valence-corrected chi connectivity index (χ4v) is 4.89. The highest BCUT2D eigenvalue weighted by molar-refractivity contribution is 7.92. The van der Waals surface area contributed by atoms with Gasteiger partial charge in [0.05, 0.1) is 0 Å². The number of nitrogens with zero attached hydrogens (tertiary/aromatic N) is 4. The number of benzene rings is 1. The van der Waals surface area contributed by atoms with Crippen molar-refractivity contribution in [2.24, 2.45) is 0 Å². The lowest BCUT2D eigenvalue weighted by Gasteiger charge is -2.22. The second-order valence-electron chi connectivity index (χ2n) is 7.06. The summed E-state index contributed by atoms with van der Waals surface area (Å²) in [6.07, 6.45) is 7.06. The van der Waals surface area contributed by atoms with E-state index in [0.29, 0.717) is 5.75 Å². The number of nitrogens with one attached hydrogen (secondary N) is 1. The summed E-state index contributed by atoms with van der Waals surface area (Å²) in [4.78, 5) is 7.04. The van der Waals surface area contributed by atoms with Crippen molar-refractivity contribution in [3.05, 3.63) is 60.6 Å². The van der Waals surface area contributed by atoms with Crippen LogP contribution in [0.3, 0.4) is 0 Å². The Bertz CT molecular complexity index is 1120. The molecule has 1 aromatic carbocycles. The smallest absolute Gasteiger partial charge is 0.265 e. The molecule has 0 bridgehead atoms. The van der Waals surface area contributed by atoms with Gasteiger partial charge in [0.2, 0.25) is 0 Å². The number of halogens is 1. The van der Waals surface area contributed by atoms with Crippen molar-refractivity contribution in [3.63, 3.8) is 0 Å². The predicted octanol–water partition coefficient (Wildman–Crippen LogP) is 3.35. The second-order valence-corrected chi connectivity index (χ2v) is 8.71. The Hall–Kier alpha value is -3.01. The third-order valence-corrected chi connectivity index (χ3v) is 6.57. The third-order valence-electron chi connectivity index (χ3n) is 5.18. The summed E-state index contributed by atoms with van der Waals surface area (Å²) in [7, 11) is -4.13. The van der Waals surface area contributed by atoms with Crippen molar-refractivity contribution < 1.29 is 17.5 Å². The molecule has 158 valence electrons. The van der Waals surface area contributed by atoms with Gasteiger partial charge in [0.25, 0.3) is 10.0 Å². The van der Waals surface area contributed by atoms with Crippen LogP contribution in [-0.2, 0) is 16.6 Å². The van der Waals surface area contributed by atoms with Gasteiger partial charge in [-0.05, 0) is 50.5 Å². The van der Waals surface area contributed by atoms with E-state index in [1.807, 2.05) is 17.7 Å². The number of hydrogen-bond donors (Lipinski definition) is 1. The van der Waals surface area contributed by atoms with Gasteiger partial charge in [-0.25, -0.2) is 22.8 Å². The summed E-state index contributed by atoms with van der Waals surface area (Å²) in [5, 5.41) is 4.33. The van der Waals surface area contributed by atoms with Crippen LogP contribution in [0.2, 0.25) is 0 Å². The Kier molecular flexibility index (Phi) is 5.67. The van der Waals surface area contributed by atoms with Crippen LogP contribution in [0.5, 0.6) is 5.75 Å². The molecule has 1 aliphatic carbocycles. The van der Waals surface area contributed by atoms with Crippen LogP contribution in [0.25, 0.3) is 0 Å². The molecule has 4 rings (SSSR count). The number of anilines is 1. The fraction of sp³-hybridized carbons (Fsp3) is 0.350. The van der Waals surface area contributed by atoms with Gasteiger partial charge >= 0.3 is 0 Å². The Balaban J connectivity index is 1.52. The average molecular weight is 431 g/mol. The van der Waals surface area contributed by atoms with E-state index >= 15 is 0 Å². The third kappa shape index (κ3) is 4.13. The first-order chi connectivity index (χ1) is 14.5. The van der Waals surface area contributed by atoms with Gasteiger partial charge in [-0.15, -0.1) is 0 Å². The van der Waals surface area contributed by atoms with Crippen molar-refractivity contribution in [2.45, 2.75) is 49.6 Å². The van der Waals surface area contributed by atoms with Gasteiger partial charge in [-0.3, -0.25) is 9.40 Å². The molecule has 8 nitrogen and oxygen atoms in total. The zero-order chi connectivity index (χ0) is 21.1. The van der Waals surface area contributed by atoms with Crippen LogP contribution in [0, 0.1) is 5.82 Å². The Morgan fingerprint density at radius 3 is 2.83 bits per heavy atom. The normalized spacial score (nSPS) is 19.0. The maximum absolute atomic E-state index is 14.7. The van der Waals surface area contributed by atoms with Crippen molar-refractivity contribution in [1.29, 1.82) is 0 Å². The highest BCUT2D eigenvalue weighted by Gasteiger charge is 2.33. The van der Waals surface area contributed by atoms with E-state index in [-0.39, 0.29) is 17.8 Å². The lowest BCUT2D eigenvalue weighted by Crippen LogP contribution is -2.22. The molecule has 0 aliphatic heterocycles. The lowest BCUT2D eigenvalue weighted by molar-refractivity contribution is 0.185. The Labute approximate surface area is 174 Å². The molecule has 0 amide bonds. The molecule has 10 heteroatoms. The molecule has 1 fully saturated rings. The minimum Gasteiger partial charge on any atom is -0.490 e. The molecule has 2 aromatic heterocycles. The highest BCUT2D eigenvalue weighted by Crippen LogP contribution is 2.37. The van der Waals surface area contributed by atoms with Gasteiger partial charge < -0.3 is 4.74 Å². The molecule has 0 saturated heterocycles. The quantitative estimate of drug-likeness (QED) is 0.616. The highest BCUT2D eigenvalue weighted by atomic mass is 32.2. The fourth-order valence-electron chi connectivity index (χ4n) is 3.82. The van der Waals surface area contributed by atoms with Crippen molar-refractivity contribution in [1.82, 2.24) is 19.7 Å². The first-order valence-electron chi connectivity index (χ1n) is 9.74. The van der Waals surface area contributed by atoms with E-state index in [9.17, 15) is 12.8 Å². The van der Waals surface area contributed by atoms with Crippen LogP contribution in [0.15, 0.2) is 53.9 Å². The number of rotatable bonds is 7. The van der Waals surface area contributed by atoms with Gasteiger partial charge in [0, 0.05) is 36.6 Å². The Morgan fingerprint density at radius 2 is 2.10 bits per heavy atom. The zero-order valence-corrected chi connectivity index (χ0v) is 17.2. The number of hydrogen-bond acceptors (Lipinski definition) is 6. The van der Waals surface area contributed by atoms with Gasteiger partial charge in [-0.1, -0.05) is 0 Å². The van der Waals surface area contributed by atoms with Crippen LogP contribution in [0.1, 0.15) is 37.8 Å². The van der Waals surface area contributed by atoms with E-state index in [0.717, 1.165) is 37.6 Å². The SMILES string of the molecule is CCn1nccc1C1CCCC1Oc1ccc(S(=O)(=O)Nc2ccncn2)c(F)c1. The average Bonchev–Trinajstić information content (AvgIpc) is 3.36. The lowest BCUT2D eigenvalue weighted by atomic mass is 10.0. The first-order valence-corrected chi connectivity index (χ1v) is 11.2. The number of ether oxygens (including phenoxy) is 1. The standard InChI is InChI=1S/C20H22FN5O3S/c1-2-26-17(8-11-24-26)15-4-3-5-18(15)29-14-6-7-19(16(21)12-14)30(27,28)25-20-9-10-22-13-23-20/h6-13,15,18H,2-5H2,1H3,(H,22,23,25). The van der Waals surface area contributed by atoms with Gasteiger partial charge in [-0.2, -0.15) is 5.10 Å². The molecule has 1 saturated carbocycles. The number of aromatic nitrogens is 4. The van der Waals surface area contributed by atoms with E-state index in [4.69, 9.17) is 4.74 Å². The minimum absolute atomic E-state index is 0.0612. The van der Waals surface area contributed by atoms with E-state index in [2.05, 4.69) is 19.8 Å². The first kappa shape index (κ1) is 20.3. The molecule has 0 spiro atoms. The summed E-state index contributed by atoms with van der Waals surface area (Å²) in [5.41, 5.74) is 1.11. The maximum Gasteiger partial charge on any atom is 0.265 e. The monoisotopic (exact) mass is 431 g/mol. The van der Waals surface area contributed by atoms with E-state index in [1.165, 1.54) is 30.7 Å². The van der Waals surface area contributed by atoms with E-state index in [1.54, 1.807) is 6.20 Å². The topological polar surface area (TPSA) is 99.0 Å². The van der Waals surface area contributed by atoms with Gasteiger partial charge in [0.15, 0.2) is 0 Å². The zero-order valence-electron chi connectivity index (χ0n) is 16.4. The van der Waals surface area contributed by atoms with E-state index < -0.39 is 20.7 Å². The van der Waals surface area contributed by atoms with Crippen LogP contribution in [0.4, 0.5) is 10.2 Å². The number of sulfonamides is 1. The molecular formula is C20H22FN5O3S. The molecule has 3 aromatic rings. The molecule has 2 heterocycles. The van der Waals surface area contributed by atoms with Crippen LogP contribution in [-0.4, -0.2) is 34.3 Å². The van der Waals surface area contributed by atoms with Crippen molar-refractivity contribution >= 4 is 15.8 Å². The molecule has 1 N–H and O–H groups in total. The van der Waals surface area contributed by atoms with Crippen molar-refractivity contribution in [2.75, 3.05) is 4.72 Å². The maximum atomic E-state index is 14.7. The summed E-state index contributed by atoms with van der Waals surface area (Å²) < 4.78 is 49.9. The Morgan fingerprint density at radius 1 is 1.23 bits per heavy atom. The summed E-state index contributed by atoms with van der Waals surface area (Å²) in [6.45, 7) is 2.80. The summed E-state index contributed by atoms with van der Waals surface area (Å²) in [6, 6.07) is 7.17. The largest absolute Gasteiger partial charge is 0.490 e.